The average molecular weight is 208 g/mol. The zero-order chi connectivity index (χ0) is 8.97. The maximum Gasteiger partial charge on any atom is 0.308 e. The topological polar surface area (TPSA) is 38.3 Å². The van der Waals surface area contributed by atoms with E-state index in [1.54, 1.807) is 0 Å². The van der Waals surface area contributed by atoms with Crippen molar-refractivity contribution in [1.82, 2.24) is 5.32 Å². The molecule has 0 aromatic carbocycles. The molecule has 0 aromatic heterocycles. The Morgan fingerprint density at radius 1 is 1.62 bits per heavy atom. The predicted octanol–water partition coefficient (Wildman–Crippen LogP) is 1.22. The van der Waals surface area contributed by atoms with Gasteiger partial charge in [0.2, 0.25) is 0 Å². The van der Waals surface area contributed by atoms with Crippen molar-refractivity contribution in [3.8, 4) is 0 Å². The van der Waals surface area contributed by atoms with Crippen LogP contribution in [-0.2, 0) is 9.53 Å². The standard InChI is InChI=1S/C9H17NO2.ClH/c1-7(2)9(11)12-6-8-3-4-10-5-8;/h7-8,10H,3-6H2,1-2H3;1H. The Balaban J connectivity index is 0.00000144. The number of esters is 1. The maximum atomic E-state index is 11.1. The van der Waals surface area contributed by atoms with Gasteiger partial charge in [-0.1, -0.05) is 13.8 Å². The van der Waals surface area contributed by atoms with Gasteiger partial charge in [0.15, 0.2) is 0 Å². The van der Waals surface area contributed by atoms with E-state index < -0.39 is 0 Å². The van der Waals surface area contributed by atoms with Gasteiger partial charge in [-0.3, -0.25) is 4.79 Å². The van der Waals surface area contributed by atoms with E-state index in [9.17, 15) is 4.79 Å². The van der Waals surface area contributed by atoms with Crippen LogP contribution in [0.1, 0.15) is 20.3 Å². The molecule has 1 heterocycles. The summed E-state index contributed by atoms with van der Waals surface area (Å²) in [5.74, 6) is 0.453. The van der Waals surface area contributed by atoms with Gasteiger partial charge >= 0.3 is 5.97 Å². The van der Waals surface area contributed by atoms with Crippen LogP contribution in [0.5, 0.6) is 0 Å². The molecule has 1 rings (SSSR count). The van der Waals surface area contributed by atoms with E-state index in [2.05, 4.69) is 5.32 Å². The first-order valence-electron chi connectivity index (χ1n) is 4.57. The second-order valence-electron chi connectivity index (χ2n) is 3.64. The summed E-state index contributed by atoms with van der Waals surface area (Å²) in [6.45, 7) is 6.35. The molecule has 0 bridgehead atoms. The van der Waals surface area contributed by atoms with Gasteiger partial charge in [0.1, 0.15) is 0 Å². The van der Waals surface area contributed by atoms with E-state index in [0.29, 0.717) is 12.5 Å². The zero-order valence-electron chi connectivity index (χ0n) is 8.21. The molecule has 1 N–H and O–H groups in total. The number of ether oxygens (including phenoxy) is 1. The molecule has 0 radical (unpaired) electrons. The summed E-state index contributed by atoms with van der Waals surface area (Å²) in [6, 6.07) is 0. The summed E-state index contributed by atoms with van der Waals surface area (Å²) in [6.07, 6.45) is 1.13. The van der Waals surface area contributed by atoms with Crippen LogP contribution in [0.2, 0.25) is 0 Å². The third kappa shape index (κ3) is 4.48. The average Bonchev–Trinajstić information content (AvgIpc) is 2.51. The summed E-state index contributed by atoms with van der Waals surface area (Å²) in [5.41, 5.74) is 0. The van der Waals surface area contributed by atoms with Crippen LogP contribution in [-0.4, -0.2) is 25.7 Å². The van der Waals surface area contributed by atoms with Gasteiger partial charge in [0, 0.05) is 12.5 Å². The molecule has 0 amide bonds. The lowest BCUT2D eigenvalue weighted by atomic mass is 10.1. The summed E-state index contributed by atoms with van der Waals surface area (Å²) >= 11 is 0. The highest BCUT2D eigenvalue weighted by Gasteiger charge is 2.17. The lowest BCUT2D eigenvalue weighted by Crippen LogP contribution is -2.19. The summed E-state index contributed by atoms with van der Waals surface area (Å²) in [5, 5.41) is 3.23. The molecule has 13 heavy (non-hydrogen) atoms. The molecule has 1 aliphatic heterocycles. The first-order chi connectivity index (χ1) is 5.70. The fourth-order valence-electron chi connectivity index (χ4n) is 1.22. The Morgan fingerprint density at radius 3 is 2.77 bits per heavy atom. The highest BCUT2D eigenvalue weighted by Crippen LogP contribution is 2.08. The zero-order valence-corrected chi connectivity index (χ0v) is 9.02. The second kappa shape index (κ2) is 6.22. The SMILES string of the molecule is CC(C)C(=O)OCC1CCNC1.Cl. The van der Waals surface area contributed by atoms with Gasteiger partial charge in [0.25, 0.3) is 0 Å². The van der Waals surface area contributed by atoms with Crippen LogP contribution in [0, 0.1) is 11.8 Å². The van der Waals surface area contributed by atoms with Crippen molar-refractivity contribution in [2.75, 3.05) is 19.7 Å². The first kappa shape index (κ1) is 12.7. The van der Waals surface area contributed by atoms with Crippen LogP contribution < -0.4 is 5.32 Å². The van der Waals surface area contributed by atoms with Gasteiger partial charge in [0.05, 0.1) is 12.5 Å². The normalized spacial score (nSPS) is 21.3. The van der Waals surface area contributed by atoms with Crippen LogP contribution in [0.15, 0.2) is 0 Å². The van der Waals surface area contributed by atoms with Crippen molar-refractivity contribution in [2.45, 2.75) is 20.3 Å². The third-order valence-electron chi connectivity index (χ3n) is 2.10. The van der Waals surface area contributed by atoms with E-state index in [1.165, 1.54) is 0 Å². The number of hydrogen-bond donors (Lipinski definition) is 1. The molecule has 1 unspecified atom stereocenters. The van der Waals surface area contributed by atoms with E-state index >= 15 is 0 Å². The quantitative estimate of drug-likeness (QED) is 0.708. The number of nitrogens with one attached hydrogen (secondary N) is 1. The summed E-state index contributed by atoms with van der Waals surface area (Å²) in [7, 11) is 0. The van der Waals surface area contributed by atoms with Gasteiger partial charge in [-0.2, -0.15) is 0 Å². The molecule has 0 aromatic rings. The molecule has 1 aliphatic rings. The molecule has 1 atom stereocenters. The largest absolute Gasteiger partial charge is 0.465 e. The maximum absolute atomic E-state index is 11.1. The molecule has 1 fully saturated rings. The molecule has 78 valence electrons. The molecule has 3 nitrogen and oxygen atoms in total. The number of hydrogen-bond acceptors (Lipinski definition) is 3. The van der Waals surface area contributed by atoms with E-state index in [0.717, 1.165) is 19.5 Å². The van der Waals surface area contributed by atoms with Gasteiger partial charge < -0.3 is 10.1 Å². The Morgan fingerprint density at radius 2 is 2.31 bits per heavy atom. The Labute approximate surface area is 85.6 Å². The Hall–Kier alpha value is -0.280. The lowest BCUT2D eigenvalue weighted by Gasteiger charge is -2.10. The van der Waals surface area contributed by atoms with E-state index in [-0.39, 0.29) is 24.3 Å². The van der Waals surface area contributed by atoms with Crippen molar-refractivity contribution < 1.29 is 9.53 Å². The second-order valence-corrected chi connectivity index (χ2v) is 3.64. The van der Waals surface area contributed by atoms with Crippen LogP contribution in [0.3, 0.4) is 0 Å². The Kier molecular flexibility index (Phi) is 6.08. The summed E-state index contributed by atoms with van der Waals surface area (Å²) < 4.78 is 5.11. The predicted molar refractivity (Wildman–Crippen MR) is 54.0 cm³/mol. The molecule has 0 saturated carbocycles. The fraction of sp³-hybridized carbons (Fsp3) is 0.889. The van der Waals surface area contributed by atoms with E-state index in [4.69, 9.17) is 4.74 Å². The molecule has 4 heteroatoms. The van der Waals surface area contributed by atoms with Crippen molar-refractivity contribution >= 4 is 18.4 Å². The van der Waals surface area contributed by atoms with Crippen LogP contribution in [0.25, 0.3) is 0 Å². The molecule has 0 spiro atoms. The van der Waals surface area contributed by atoms with Crippen molar-refractivity contribution in [3.63, 3.8) is 0 Å². The molecular formula is C9H18ClNO2. The molecule has 0 aliphatic carbocycles. The lowest BCUT2D eigenvalue weighted by molar-refractivity contribution is -0.148. The number of carbonyl (C=O) groups excluding carboxylic acids is 1. The van der Waals surface area contributed by atoms with Crippen molar-refractivity contribution in [2.24, 2.45) is 11.8 Å². The highest BCUT2D eigenvalue weighted by molar-refractivity contribution is 5.85. The van der Waals surface area contributed by atoms with Gasteiger partial charge in [-0.15, -0.1) is 12.4 Å². The van der Waals surface area contributed by atoms with Crippen molar-refractivity contribution in [1.29, 1.82) is 0 Å². The number of rotatable bonds is 3. The van der Waals surface area contributed by atoms with Crippen LogP contribution in [0.4, 0.5) is 0 Å². The van der Waals surface area contributed by atoms with E-state index in [1.807, 2.05) is 13.8 Å². The smallest absolute Gasteiger partial charge is 0.308 e. The minimum Gasteiger partial charge on any atom is -0.465 e. The highest BCUT2D eigenvalue weighted by atomic mass is 35.5. The monoisotopic (exact) mass is 207 g/mol. The molecular weight excluding hydrogens is 190 g/mol. The minimum atomic E-state index is -0.0816. The fourth-order valence-corrected chi connectivity index (χ4v) is 1.22. The number of halogens is 1. The van der Waals surface area contributed by atoms with Gasteiger partial charge in [-0.25, -0.2) is 0 Å². The molecule has 1 saturated heterocycles. The van der Waals surface area contributed by atoms with Crippen LogP contribution >= 0.6 is 12.4 Å². The third-order valence-corrected chi connectivity index (χ3v) is 2.10. The summed E-state index contributed by atoms with van der Waals surface area (Å²) in [4.78, 5) is 11.1. The first-order valence-corrected chi connectivity index (χ1v) is 4.57. The number of carbonyl (C=O) groups is 1. The van der Waals surface area contributed by atoms with Gasteiger partial charge in [-0.05, 0) is 13.0 Å². The van der Waals surface area contributed by atoms with Crippen molar-refractivity contribution in [3.05, 3.63) is 0 Å². The Bertz CT molecular complexity index is 156. The minimum absolute atomic E-state index is 0.